The normalized spacial score (nSPS) is 20.7. The van der Waals surface area contributed by atoms with Crippen molar-refractivity contribution in [2.45, 2.75) is 18.9 Å². The Morgan fingerprint density at radius 2 is 2.44 bits per heavy atom. The Bertz CT molecular complexity index is 531. The minimum atomic E-state index is 0.209. The van der Waals surface area contributed by atoms with Gasteiger partial charge in [0, 0.05) is 12.3 Å². The smallest absolute Gasteiger partial charge is 0.155 e. The Hall–Kier alpha value is -1.26. The Kier molecular flexibility index (Phi) is 2.26. The van der Waals surface area contributed by atoms with Gasteiger partial charge < -0.3 is 14.8 Å². The van der Waals surface area contributed by atoms with Gasteiger partial charge >= 0.3 is 0 Å². The Morgan fingerprint density at radius 1 is 1.56 bits per heavy atom. The van der Waals surface area contributed by atoms with Crippen molar-refractivity contribution in [3.63, 3.8) is 0 Å². The summed E-state index contributed by atoms with van der Waals surface area (Å²) in [5.74, 6) is 1.14. The van der Waals surface area contributed by atoms with Gasteiger partial charge in [0.05, 0.1) is 11.6 Å². The van der Waals surface area contributed by atoms with Crippen molar-refractivity contribution in [2.75, 3.05) is 6.54 Å². The fourth-order valence-corrected chi connectivity index (χ4v) is 2.44. The zero-order valence-electron chi connectivity index (χ0n) is 8.65. The number of nitrogens with one attached hydrogen (secondary N) is 1. The number of hydrogen-bond acceptors (Lipinski definition) is 3. The van der Waals surface area contributed by atoms with Gasteiger partial charge in [0.1, 0.15) is 11.6 Å². The van der Waals surface area contributed by atoms with Crippen LogP contribution < -0.4 is 5.32 Å². The Balaban J connectivity index is 2.18. The highest BCUT2D eigenvalue weighted by Gasteiger charge is 2.22. The summed E-state index contributed by atoms with van der Waals surface area (Å²) in [5.41, 5.74) is 0.755. The molecule has 1 aliphatic heterocycles. The second-order valence-corrected chi connectivity index (χ2v) is 4.41. The molecule has 0 bridgehead atoms. The van der Waals surface area contributed by atoms with Crippen LogP contribution in [0.2, 0.25) is 5.15 Å². The van der Waals surface area contributed by atoms with Gasteiger partial charge in [0.15, 0.2) is 5.15 Å². The van der Waals surface area contributed by atoms with Crippen LogP contribution in [0.1, 0.15) is 24.7 Å². The summed E-state index contributed by atoms with van der Waals surface area (Å²) in [6.07, 6.45) is 4.05. The molecular formula is C11H12ClN3O. The lowest BCUT2D eigenvalue weighted by Crippen LogP contribution is -2.15. The molecule has 4 nitrogen and oxygen atoms in total. The Labute approximate surface area is 97.9 Å². The SMILES string of the molecule is Oc1ccn2c(C3CCCN3)nc(Cl)c2c1. The molecule has 2 N–H and O–H groups in total. The van der Waals surface area contributed by atoms with Gasteiger partial charge in [-0.2, -0.15) is 0 Å². The summed E-state index contributed by atoms with van der Waals surface area (Å²) in [6, 6.07) is 3.54. The summed E-state index contributed by atoms with van der Waals surface area (Å²) < 4.78 is 1.94. The molecule has 0 spiro atoms. The van der Waals surface area contributed by atoms with Crippen molar-refractivity contribution >= 4 is 17.1 Å². The highest BCUT2D eigenvalue weighted by Crippen LogP contribution is 2.28. The van der Waals surface area contributed by atoms with Gasteiger partial charge in [-0.15, -0.1) is 0 Å². The fraction of sp³-hybridized carbons (Fsp3) is 0.364. The maximum absolute atomic E-state index is 9.41. The van der Waals surface area contributed by atoms with Crippen molar-refractivity contribution in [2.24, 2.45) is 0 Å². The molecule has 5 heteroatoms. The molecule has 84 valence electrons. The molecule has 0 aromatic carbocycles. The third-order valence-corrected chi connectivity index (χ3v) is 3.26. The van der Waals surface area contributed by atoms with E-state index in [9.17, 15) is 5.11 Å². The first-order valence-corrected chi connectivity index (χ1v) is 5.73. The number of aromatic hydroxyl groups is 1. The van der Waals surface area contributed by atoms with E-state index < -0.39 is 0 Å². The molecule has 1 aliphatic rings. The van der Waals surface area contributed by atoms with Gasteiger partial charge in [0.25, 0.3) is 0 Å². The number of rotatable bonds is 1. The van der Waals surface area contributed by atoms with Crippen LogP contribution in [0.4, 0.5) is 0 Å². The van der Waals surface area contributed by atoms with Crippen molar-refractivity contribution in [3.05, 3.63) is 29.3 Å². The molecule has 1 saturated heterocycles. The molecule has 0 amide bonds. The monoisotopic (exact) mass is 237 g/mol. The second kappa shape index (κ2) is 3.64. The van der Waals surface area contributed by atoms with Crippen LogP contribution in [0.25, 0.3) is 5.52 Å². The van der Waals surface area contributed by atoms with Crippen molar-refractivity contribution < 1.29 is 5.11 Å². The topological polar surface area (TPSA) is 49.6 Å². The van der Waals surface area contributed by atoms with Gasteiger partial charge in [-0.05, 0) is 25.5 Å². The zero-order chi connectivity index (χ0) is 11.1. The first-order chi connectivity index (χ1) is 7.75. The van der Waals surface area contributed by atoms with Crippen molar-refractivity contribution in [1.29, 1.82) is 0 Å². The lowest BCUT2D eigenvalue weighted by Gasteiger charge is -2.08. The average molecular weight is 238 g/mol. The standard InChI is InChI=1S/C11H12ClN3O/c12-10-9-6-7(16)3-5-15(9)11(14-10)8-2-1-4-13-8/h3,5-6,8,13,16H,1-2,4H2. The first-order valence-electron chi connectivity index (χ1n) is 5.35. The zero-order valence-corrected chi connectivity index (χ0v) is 9.41. The number of imidazole rings is 1. The minimum Gasteiger partial charge on any atom is -0.508 e. The van der Waals surface area contributed by atoms with E-state index in [0.717, 1.165) is 30.7 Å². The van der Waals surface area contributed by atoms with Crippen LogP contribution in [0, 0.1) is 0 Å². The molecule has 0 aliphatic carbocycles. The van der Waals surface area contributed by atoms with E-state index >= 15 is 0 Å². The van der Waals surface area contributed by atoms with E-state index in [1.165, 1.54) is 0 Å². The summed E-state index contributed by atoms with van der Waals surface area (Å²) in [4.78, 5) is 4.37. The molecular weight excluding hydrogens is 226 g/mol. The van der Waals surface area contributed by atoms with Gasteiger partial charge in [-0.25, -0.2) is 4.98 Å². The Morgan fingerprint density at radius 3 is 3.19 bits per heavy atom. The number of halogens is 1. The van der Waals surface area contributed by atoms with Crippen LogP contribution in [0.3, 0.4) is 0 Å². The maximum atomic E-state index is 9.41. The van der Waals surface area contributed by atoms with E-state index in [2.05, 4.69) is 10.3 Å². The number of pyridine rings is 1. The average Bonchev–Trinajstić information content (AvgIpc) is 2.87. The van der Waals surface area contributed by atoms with Crippen LogP contribution in [0.5, 0.6) is 5.75 Å². The van der Waals surface area contributed by atoms with E-state index in [4.69, 9.17) is 11.6 Å². The lowest BCUT2D eigenvalue weighted by atomic mass is 10.2. The van der Waals surface area contributed by atoms with E-state index in [1.54, 1.807) is 18.3 Å². The molecule has 2 aromatic rings. The molecule has 16 heavy (non-hydrogen) atoms. The third-order valence-electron chi connectivity index (χ3n) is 2.98. The summed E-state index contributed by atoms with van der Waals surface area (Å²) >= 11 is 6.06. The molecule has 2 aromatic heterocycles. The van der Waals surface area contributed by atoms with Gasteiger partial charge in [-0.1, -0.05) is 11.6 Å². The lowest BCUT2D eigenvalue weighted by molar-refractivity contribution is 0.475. The number of aromatic nitrogens is 2. The van der Waals surface area contributed by atoms with Crippen molar-refractivity contribution in [1.82, 2.24) is 14.7 Å². The molecule has 3 rings (SSSR count). The highest BCUT2D eigenvalue weighted by molar-refractivity contribution is 6.32. The number of fused-ring (bicyclic) bond motifs is 1. The van der Waals surface area contributed by atoms with Crippen LogP contribution in [-0.2, 0) is 0 Å². The van der Waals surface area contributed by atoms with E-state index in [0.29, 0.717) is 5.15 Å². The van der Waals surface area contributed by atoms with Gasteiger partial charge in [0.2, 0.25) is 0 Å². The molecule has 0 radical (unpaired) electrons. The predicted octanol–water partition coefficient (Wildman–Crippen LogP) is 2.12. The fourth-order valence-electron chi connectivity index (χ4n) is 2.21. The minimum absolute atomic E-state index is 0.209. The number of hydrogen-bond donors (Lipinski definition) is 2. The van der Waals surface area contributed by atoms with Crippen LogP contribution >= 0.6 is 11.6 Å². The van der Waals surface area contributed by atoms with Crippen molar-refractivity contribution in [3.8, 4) is 5.75 Å². The quantitative estimate of drug-likeness (QED) is 0.799. The second-order valence-electron chi connectivity index (χ2n) is 4.05. The van der Waals surface area contributed by atoms with Crippen LogP contribution in [-0.4, -0.2) is 21.0 Å². The molecule has 1 fully saturated rings. The summed E-state index contributed by atoms with van der Waals surface area (Å²) in [6.45, 7) is 1.02. The molecule has 0 saturated carbocycles. The molecule has 3 heterocycles. The maximum Gasteiger partial charge on any atom is 0.155 e. The van der Waals surface area contributed by atoms with Gasteiger partial charge in [-0.3, -0.25) is 0 Å². The number of nitrogens with zero attached hydrogens (tertiary/aromatic N) is 2. The third kappa shape index (κ3) is 1.45. The van der Waals surface area contributed by atoms with Crippen LogP contribution in [0.15, 0.2) is 18.3 Å². The predicted molar refractivity (Wildman–Crippen MR) is 61.8 cm³/mol. The van der Waals surface area contributed by atoms with E-state index in [1.807, 2.05) is 4.40 Å². The molecule has 1 unspecified atom stereocenters. The van der Waals surface area contributed by atoms with E-state index in [-0.39, 0.29) is 11.8 Å². The molecule has 1 atom stereocenters. The summed E-state index contributed by atoms with van der Waals surface area (Å²) in [7, 11) is 0. The highest BCUT2D eigenvalue weighted by atomic mass is 35.5. The summed E-state index contributed by atoms with van der Waals surface area (Å²) in [5, 5.41) is 13.2. The first kappa shape index (κ1) is 9.93. The largest absolute Gasteiger partial charge is 0.508 e.